The molecular weight excluding hydrogens is 356 g/mol. The number of carbonyl (C=O) groups excluding carboxylic acids is 2. The lowest BCUT2D eigenvalue weighted by molar-refractivity contribution is -0.162. The molecule has 0 N–H and O–H groups in total. The fraction of sp³-hybridized carbons (Fsp3) is 0.565. The number of Topliss-reactive ketones (excluding diaryl/α,β-unsaturated/α-hetero) is 1. The van der Waals surface area contributed by atoms with Crippen LogP contribution in [0.3, 0.4) is 0 Å². The number of fused-ring (bicyclic) bond motifs is 1. The summed E-state index contributed by atoms with van der Waals surface area (Å²) in [5, 5.41) is 0. The van der Waals surface area contributed by atoms with Crippen LogP contribution in [0.2, 0.25) is 0 Å². The van der Waals surface area contributed by atoms with Crippen LogP contribution in [-0.2, 0) is 14.3 Å². The second-order valence-electron chi connectivity index (χ2n) is 9.09. The lowest BCUT2D eigenvalue weighted by atomic mass is 9.48. The first-order valence-corrected chi connectivity index (χ1v) is 10.3. The molecule has 1 aromatic carbocycles. The van der Waals surface area contributed by atoms with Crippen molar-refractivity contribution in [3.8, 4) is 11.5 Å². The Morgan fingerprint density at radius 2 is 1.71 bits per heavy atom. The molecule has 0 amide bonds. The molecule has 5 nitrogen and oxygen atoms in total. The molecule has 1 atom stereocenters. The molecule has 1 aromatic rings. The summed E-state index contributed by atoms with van der Waals surface area (Å²) in [6.07, 6.45) is 9.21. The minimum Gasteiger partial charge on any atom is -0.454 e. The van der Waals surface area contributed by atoms with Crippen LogP contribution in [-0.4, -0.2) is 24.6 Å². The molecule has 0 spiro atoms. The molecule has 5 aliphatic rings. The molecule has 5 heteroatoms. The molecule has 0 radical (unpaired) electrons. The Balaban J connectivity index is 1.22. The topological polar surface area (TPSA) is 61.8 Å². The van der Waals surface area contributed by atoms with Crippen LogP contribution < -0.4 is 9.47 Å². The second kappa shape index (κ2) is 6.64. The van der Waals surface area contributed by atoms with Crippen molar-refractivity contribution >= 4 is 17.8 Å². The van der Waals surface area contributed by atoms with Gasteiger partial charge in [-0.2, -0.15) is 0 Å². The van der Waals surface area contributed by atoms with Crippen LogP contribution in [0.1, 0.15) is 51.0 Å². The largest absolute Gasteiger partial charge is 0.454 e. The molecule has 28 heavy (non-hydrogen) atoms. The highest BCUT2D eigenvalue weighted by atomic mass is 16.7. The second-order valence-corrected chi connectivity index (χ2v) is 9.09. The summed E-state index contributed by atoms with van der Waals surface area (Å²) in [5.41, 5.74) is 0.580. The van der Waals surface area contributed by atoms with Gasteiger partial charge in [0.05, 0.1) is 0 Å². The van der Waals surface area contributed by atoms with E-state index in [4.69, 9.17) is 14.2 Å². The van der Waals surface area contributed by atoms with Crippen LogP contribution in [0, 0.1) is 23.2 Å². The average Bonchev–Trinajstić information content (AvgIpc) is 3.12. The van der Waals surface area contributed by atoms with E-state index in [2.05, 4.69) is 0 Å². The van der Waals surface area contributed by atoms with Gasteiger partial charge in [0, 0.05) is 11.5 Å². The molecule has 4 saturated carbocycles. The first-order chi connectivity index (χ1) is 13.5. The summed E-state index contributed by atoms with van der Waals surface area (Å²) in [5.74, 6) is 3.12. The van der Waals surface area contributed by atoms with Gasteiger partial charge in [-0.1, -0.05) is 6.07 Å². The van der Waals surface area contributed by atoms with Crippen molar-refractivity contribution in [2.75, 3.05) is 6.79 Å². The summed E-state index contributed by atoms with van der Waals surface area (Å²) >= 11 is 0. The Morgan fingerprint density at radius 1 is 1.07 bits per heavy atom. The number of ether oxygens (including phenoxy) is 3. The molecule has 4 bridgehead atoms. The van der Waals surface area contributed by atoms with Crippen molar-refractivity contribution in [1.29, 1.82) is 0 Å². The Hall–Kier alpha value is -2.30. The van der Waals surface area contributed by atoms with Crippen molar-refractivity contribution in [2.24, 2.45) is 23.2 Å². The zero-order valence-corrected chi connectivity index (χ0v) is 16.2. The van der Waals surface area contributed by atoms with Crippen molar-refractivity contribution in [2.45, 2.75) is 51.6 Å². The Kier molecular flexibility index (Phi) is 4.22. The number of benzene rings is 1. The smallest absolute Gasteiger partial charge is 0.331 e. The monoisotopic (exact) mass is 382 g/mol. The van der Waals surface area contributed by atoms with Crippen molar-refractivity contribution in [1.82, 2.24) is 0 Å². The summed E-state index contributed by atoms with van der Waals surface area (Å²) < 4.78 is 16.1. The zero-order valence-electron chi connectivity index (χ0n) is 16.2. The standard InChI is InChI=1S/C23H26O5/c1-14(22(25)23-10-16-6-17(11-23)8-18(7-16)12-23)28-21(24)5-3-15-2-4-19-20(9-15)27-13-26-19/h2-5,9,14,16-18H,6-8,10-13H2,1H3. The Bertz CT molecular complexity index is 804. The molecule has 148 valence electrons. The number of carbonyl (C=O) groups is 2. The van der Waals surface area contributed by atoms with Gasteiger partial charge in [0.25, 0.3) is 0 Å². The predicted octanol–water partition coefficient (Wildman–Crippen LogP) is 4.15. The lowest BCUT2D eigenvalue weighted by Crippen LogP contribution is -2.52. The molecule has 4 fully saturated rings. The number of hydrogen-bond donors (Lipinski definition) is 0. The summed E-state index contributed by atoms with van der Waals surface area (Å²) in [6, 6.07) is 5.48. The minimum atomic E-state index is -0.690. The molecule has 1 heterocycles. The van der Waals surface area contributed by atoms with E-state index in [-0.39, 0.29) is 18.0 Å². The molecule has 1 unspecified atom stereocenters. The molecule has 1 aliphatic heterocycles. The zero-order chi connectivity index (χ0) is 19.3. The highest BCUT2D eigenvalue weighted by Gasteiger charge is 2.55. The normalized spacial score (nSPS) is 33.2. The summed E-state index contributed by atoms with van der Waals surface area (Å²) in [4.78, 5) is 25.5. The van der Waals surface area contributed by atoms with Gasteiger partial charge in [0.15, 0.2) is 23.4 Å². The molecular formula is C23H26O5. The summed E-state index contributed by atoms with van der Waals surface area (Å²) in [7, 11) is 0. The summed E-state index contributed by atoms with van der Waals surface area (Å²) in [6.45, 7) is 1.95. The van der Waals surface area contributed by atoms with Crippen molar-refractivity contribution in [3.63, 3.8) is 0 Å². The number of ketones is 1. The van der Waals surface area contributed by atoms with E-state index in [0.717, 1.165) is 24.8 Å². The fourth-order valence-corrected chi connectivity index (χ4v) is 6.29. The predicted molar refractivity (Wildman–Crippen MR) is 103 cm³/mol. The van der Waals surface area contributed by atoms with Gasteiger partial charge in [-0.25, -0.2) is 4.79 Å². The molecule has 6 rings (SSSR count). The van der Waals surface area contributed by atoms with Gasteiger partial charge < -0.3 is 14.2 Å². The highest BCUT2D eigenvalue weighted by Crippen LogP contribution is 2.60. The van der Waals surface area contributed by atoms with E-state index in [9.17, 15) is 9.59 Å². The van der Waals surface area contributed by atoms with E-state index in [1.165, 1.54) is 25.3 Å². The molecule has 4 aliphatic carbocycles. The third-order valence-electron chi connectivity index (χ3n) is 7.03. The van der Waals surface area contributed by atoms with Crippen LogP contribution in [0.5, 0.6) is 11.5 Å². The fourth-order valence-electron chi connectivity index (χ4n) is 6.29. The van der Waals surface area contributed by atoms with E-state index >= 15 is 0 Å². The Labute approximate surface area is 165 Å². The maximum Gasteiger partial charge on any atom is 0.331 e. The van der Waals surface area contributed by atoms with Gasteiger partial charge in [-0.3, -0.25) is 4.79 Å². The van der Waals surface area contributed by atoms with Crippen molar-refractivity contribution < 1.29 is 23.8 Å². The van der Waals surface area contributed by atoms with Crippen molar-refractivity contribution in [3.05, 3.63) is 29.8 Å². The van der Waals surface area contributed by atoms with Crippen LogP contribution in [0.4, 0.5) is 0 Å². The van der Waals surface area contributed by atoms with Crippen LogP contribution >= 0.6 is 0 Å². The number of rotatable bonds is 5. The lowest BCUT2D eigenvalue weighted by Gasteiger charge is -2.56. The van der Waals surface area contributed by atoms with E-state index < -0.39 is 12.1 Å². The minimum absolute atomic E-state index is 0.136. The third-order valence-corrected chi connectivity index (χ3v) is 7.03. The van der Waals surface area contributed by atoms with E-state index in [0.29, 0.717) is 29.3 Å². The van der Waals surface area contributed by atoms with Gasteiger partial charge >= 0.3 is 5.97 Å². The maximum atomic E-state index is 13.2. The number of hydrogen-bond acceptors (Lipinski definition) is 5. The van der Waals surface area contributed by atoms with Gasteiger partial charge in [0.1, 0.15) is 0 Å². The van der Waals surface area contributed by atoms with E-state index in [1.807, 2.05) is 18.2 Å². The van der Waals surface area contributed by atoms with Gasteiger partial charge in [-0.05, 0) is 87.0 Å². The number of esters is 1. The first-order valence-electron chi connectivity index (χ1n) is 10.3. The van der Waals surface area contributed by atoms with Gasteiger partial charge in [0.2, 0.25) is 6.79 Å². The van der Waals surface area contributed by atoms with E-state index in [1.54, 1.807) is 13.0 Å². The quantitative estimate of drug-likeness (QED) is 0.566. The maximum absolute atomic E-state index is 13.2. The first kappa shape index (κ1) is 17.8. The third kappa shape index (κ3) is 3.11. The van der Waals surface area contributed by atoms with Crippen LogP contribution in [0.25, 0.3) is 6.08 Å². The van der Waals surface area contributed by atoms with Gasteiger partial charge in [-0.15, -0.1) is 0 Å². The Morgan fingerprint density at radius 3 is 2.39 bits per heavy atom. The molecule has 0 aromatic heterocycles. The highest BCUT2D eigenvalue weighted by molar-refractivity contribution is 5.93. The molecule has 0 saturated heterocycles. The average molecular weight is 382 g/mol. The van der Waals surface area contributed by atoms with Crippen LogP contribution in [0.15, 0.2) is 24.3 Å². The SMILES string of the molecule is CC(OC(=O)C=Cc1ccc2c(c1)OCO2)C(=O)C12CC3CC(CC(C3)C1)C2.